The van der Waals surface area contributed by atoms with Crippen LogP contribution in [-0.2, 0) is 0 Å². The minimum absolute atomic E-state index is 0.165. The number of benzene rings is 3. The first-order valence-electron chi connectivity index (χ1n) is 9.62. The first-order valence-corrected chi connectivity index (χ1v) is 9.99. The molecule has 0 aliphatic carbocycles. The van der Waals surface area contributed by atoms with E-state index in [1.165, 1.54) is 0 Å². The van der Waals surface area contributed by atoms with Gasteiger partial charge in [-0.2, -0.15) is 5.10 Å². The van der Waals surface area contributed by atoms with Crippen LogP contribution in [-0.4, -0.2) is 26.6 Å². The zero-order valence-electron chi connectivity index (χ0n) is 15.9. The molecule has 0 saturated carbocycles. The summed E-state index contributed by atoms with van der Waals surface area (Å²) in [5.41, 5.74) is 5.01. The number of halogens is 1. The van der Waals surface area contributed by atoms with E-state index in [0.717, 1.165) is 27.9 Å². The molecule has 5 rings (SSSR count). The summed E-state index contributed by atoms with van der Waals surface area (Å²) in [7, 11) is 0. The number of aromatic nitrogens is 2. The van der Waals surface area contributed by atoms with Crippen LogP contribution in [0.1, 0.15) is 33.9 Å². The number of hydrogen-bond donors (Lipinski definition) is 0. The Labute approximate surface area is 178 Å². The molecule has 0 spiro atoms. The second-order valence-corrected chi connectivity index (χ2v) is 7.53. The summed E-state index contributed by atoms with van der Waals surface area (Å²) in [5.74, 6) is -0.165. The standard InChI is InChI=1S/C24H17ClN4O/c25-19-9-6-17(7-10-19)24(30)29-23(15-21(28-29)16-4-2-1-3-5-16)18-8-11-20-22(14-18)27-13-12-26-20/h1-14,23H,15H2/t23-/m1/s1. The summed E-state index contributed by atoms with van der Waals surface area (Å²) < 4.78 is 0. The van der Waals surface area contributed by atoms with Gasteiger partial charge in [0.05, 0.1) is 22.8 Å². The molecule has 1 aliphatic heterocycles. The Morgan fingerprint density at radius 3 is 2.40 bits per heavy atom. The monoisotopic (exact) mass is 412 g/mol. The van der Waals surface area contributed by atoms with Crippen LogP contribution in [0.4, 0.5) is 0 Å². The summed E-state index contributed by atoms with van der Waals surface area (Å²) in [5, 5.41) is 6.89. The van der Waals surface area contributed by atoms with Gasteiger partial charge in [-0.1, -0.05) is 48.0 Å². The third kappa shape index (κ3) is 3.44. The lowest BCUT2D eigenvalue weighted by molar-refractivity contribution is 0.0711. The van der Waals surface area contributed by atoms with Gasteiger partial charge in [-0.3, -0.25) is 14.8 Å². The fourth-order valence-electron chi connectivity index (χ4n) is 3.67. The second-order valence-electron chi connectivity index (χ2n) is 7.09. The summed E-state index contributed by atoms with van der Waals surface area (Å²) in [6.07, 6.45) is 3.96. The van der Waals surface area contributed by atoms with Gasteiger partial charge >= 0.3 is 0 Å². The van der Waals surface area contributed by atoms with Gasteiger partial charge in [0.1, 0.15) is 0 Å². The minimum atomic E-state index is -0.227. The van der Waals surface area contributed by atoms with E-state index in [4.69, 9.17) is 16.7 Å². The summed E-state index contributed by atoms with van der Waals surface area (Å²) in [6.45, 7) is 0. The van der Waals surface area contributed by atoms with Gasteiger partial charge in [0.15, 0.2) is 0 Å². The van der Waals surface area contributed by atoms with E-state index < -0.39 is 0 Å². The number of rotatable bonds is 3. The van der Waals surface area contributed by atoms with E-state index in [-0.39, 0.29) is 11.9 Å². The van der Waals surface area contributed by atoms with E-state index >= 15 is 0 Å². The van der Waals surface area contributed by atoms with Crippen molar-refractivity contribution in [2.45, 2.75) is 12.5 Å². The van der Waals surface area contributed by atoms with Crippen LogP contribution >= 0.6 is 11.6 Å². The lowest BCUT2D eigenvalue weighted by Gasteiger charge is -2.22. The van der Waals surface area contributed by atoms with Gasteiger partial charge in [-0.05, 0) is 47.5 Å². The third-order valence-corrected chi connectivity index (χ3v) is 5.45. The van der Waals surface area contributed by atoms with Crippen molar-refractivity contribution < 1.29 is 4.79 Å². The summed E-state index contributed by atoms with van der Waals surface area (Å²) >= 11 is 5.99. The van der Waals surface area contributed by atoms with Gasteiger partial charge in [-0.15, -0.1) is 0 Å². The van der Waals surface area contributed by atoms with Crippen molar-refractivity contribution in [3.63, 3.8) is 0 Å². The average molecular weight is 413 g/mol. The molecule has 146 valence electrons. The molecule has 1 aliphatic rings. The molecule has 1 atom stereocenters. The predicted molar refractivity (Wildman–Crippen MR) is 117 cm³/mol. The molecule has 0 bridgehead atoms. The topological polar surface area (TPSA) is 58.5 Å². The zero-order valence-corrected chi connectivity index (χ0v) is 16.7. The van der Waals surface area contributed by atoms with Crippen LogP contribution in [0.25, 0.3) is 11.0 Å². The quantitative estimate of drug-likeness (QED) is 0.460. The van der Waals surface area contributed by atoms with Crippen molar-refractivity contribution in [1.82, 2.24) is 15.0 Å². The van der Waals surface area contributed by atoms with Gasteiger partial charge in [0.25, 0.3) is 5.91 Å². The van der Waals surface area contributed by atoms with Crippen LogP contribution in [0, 0.1) is 0 Å². The molecular formula is C24H17ClN4O. The second kappa shape index (κ2) is 7.69. The molecule has 0 N–H and O–H groups in total. The maximum atomic E-state index is 13.3. The molecule has 1 aromatic heterocycles. The number of carbonyl (C=O) groups is 1. The molecule has 5 nitrogen and oxygen atoms in total. The Hall–Kier alpha value is -3.57. The smallest absolute Gasteiger partial charge is 0.267 e. The van der Waals surface area contributed by atoms with Gasteiger partial charge in [0.2, 0.25) is 0 Å². The van der Waals surface area contributed by atoms with Crippen molar-refractivity contribution in [2.24, 2.45) is 5.10 Å². The molecule has 3 aromatic carbocycles. The Balaban J connectivity index is 1.57. The maximum Gasteiger partial charge on any atom is 0.274 e. The van der Waals surface area contributed by atoms with Crippen LogP contribution in [0.5, 0.6) is 0 Å². The first kappa shape index (κ1) is 18.5. The van der Waals surface area contributed by atoms with Crippen LogP contribution in [0.2, 0.25) is 5.02 Å². The molecule has 6 heteroatoms. The molecule has 0 radical (unpaired) electrons. The lowest BCUT2D eigenvalue weighted by atomic mass is 9.97. The number of hydrazone groups is 1. The lowest BCUT2D eigenvalue weighted by Crippen LogP contribution is -2.27. The third-order valence-electron chi connectivity index (χ3n) is 5.19. The molecule has 2 heterocycles. The molecule has 0 saturated heterocycles. The Kier molecular flexibility index (Phi) is 4.73. The van der Waals surface area contributed by atoms with Crippen molar-refractivity contribution >= 4 is 34.3 Å². The maximum absolute atomic E-state index is 13.3. The van der Waals surface area contributed by atoms with Gasteiger partial charge in [0, 0.05) is 29.4 Å². The highest BCUT2D eigenvalue weighted by Gasteiger charge is 2.33. The van der Waals surface area contributed by atoms with Crippen LogP contribution < -0.4 is 0 Å². The van der Waals surface area contributed by atoms with Crippen LogP contribution in [0.15, 0.2) is 90.3 Å². The fraction of sp³-hybridized carbons (Fsp3) is 0.0833. The Bertz CT molecular complexity index is 1260. The number of amides is 1. The SMILES string of the molecule is O=C(c1ccc(Cl)cc1)N1N=C(c2ccccc2)C[C@@H]1c1ccc2nccnc2c1. The highest BCUT2D eigenvalue weighted by Crippen LogP contribution is 2.35. The molecule has 30 heavy (non-hydrogen) atoms. The van der Waals surface area contributed by atoms with E-state index in [9.17, 15) is 4.79 Å². The summed E-state index contributed by atoms with van der Waals surface area (Å²) in [6, 6.07) is 22.5. The molecule has 0 unspecified atom stereocenters. The van der Waals surface area contributed by atoms with Gasteiger partial charge < -0.3 is 0 Å². The van der Waals surface area contributed by atoms with Crippen molar-refractivity contribution in [2.75, 3.05) is 0 Å². The van der Waals surface area contributed by atoms with Crippen molar-refractivity contribution in [1.29, 1.82) is 0 Å². The van der Waals surface area contributed by atoms with E-state index in [1.807, 2.05) is 48.5 Å². The highest BCUT2D eigenvalue weighted by molar-refractivity contribution is 6.30. The van der Waals surface area contributed by atoms with E-state index in [0.29, 0.717) is 17.0 Å². The molecule has 0 fully saturated rings. The zero-order chi connectivity index (χ0) is 20.5. The molecule has 1 amide bonds. The highest BCUT2D eigenvalue weighted by atomic mass is 35.5. The molecule has 4 aromatic rings. The minimum Gasteiger partial charge on any atom is -0.267 e. The largest absolute Gasteiger partial charge is 0.274 e. The molecular weight excluding hydrogens is 396 g/mol. The van der Waals surface area contributed by atoms with Crippen molar-refractivity contribution in [3.8, 4) is 0 Å². The van der Waals surface area contributed by atoms with E-state index in [1.54, 1.807) is 41.7 Å². The Morgan fingerprint density at radius 1 is 0.900 bits per heavy atom. The fourth-order valence-corrected chi connectivity index (χ4v) is 3.80. The number of carbonyl (C=O) groups excluding carboxylic acids is 1. The first-order chi connectivity index (χ1) is 14.7. The number of fused-ring (bicyclic) bond motifs is 1. The summed E-state index contributed by atoms with van der Waals surface area (Å²) in [4.78, 5) is 22.1. The Morgan fingerprint density at radius 2 is 1.63 bits per heavy atom. The number of nitrogens with zero attached hydrogens (tertiary/aromatic N) is 4. The van der Waals surface area contributed by atoms with Crippen molar-refractivity contribution in [3.05, 3.63) is 107 Å². The van der Waals surface area contributed by atoms with E-state index in [2.05, 4.69) is 9.97 Å². The predicted octanol–water partition coefficient (Wildman–Crippen LogP) is 5.27. The number of hydrogen-bond acceptors (Lipinski definition) is 4. The normalized spacial score (nSPS) is 16.0. The average Bonchev–Trinajstić information content (AvgIpc) is 3.25. The van der Waals surface area contributed by atoms with Crippen LogP contribution in [0.3, 0.4) is 0 Å². The van der Waals surface area contributed by atoms with Gasteiger partial charge in [-0.25, -0.2) is 5.01 Å².